The van der Waals surface area contributed by atoms with Crippen molar-refractivity contribution >= 4 is 35.2 Å². The predicted molar refractivity (Wildman–Crippen MR) is 128 cm³/mol. The van der Waals surface area contributed by atoms with Crippen LogP contribution in [-0.2, 0) is 23.5 Å². The second-order valence-electron chi connectivity index (χ2n) is 6.90. The smallest absolute Gasteiger partial charge is 0.231 e. The number of hydrogen-bond donors (Lipinski definition) is 1. The summed E-state index contributed by atoms with van der Waals surface area (Å²) in [6.07, 6.45) is 0.888. The average molecular weight is 475 g/mol. The molecule has 1 N–H and O–H groups in total. The monoisotopic (exact) mass is 474 g/mol. The van der Waals surface area contributed by atoms with Crippen LogP contribution in [-0.4, -0.2) is 34.4 Å². The van der Waals surface area contributed by atoms with E-state index in [2.05, 4.69) is 15.5 Å². The average Bonchev–Trinajstić information content (AvgIpc) is 3.19. The van der Waals surface area contributed by atoms with Crippen molar-refractivity contribution in [2.24, 2.45) is 0 Å². The maximum absolute atomic E-state index is 12.5. The van der Waals surface area contributed by atoms with Crippen molar-refractivity contribution in [2.75, 3.05) is 19.0 Å². The number of nitrogens with zero attached hydrogens (tertiary/aromatic N) is 3. The van der Waals surface area contributed by atoms with E-state index < -0.39 is 0 Å². The number of rotatable bonds is 11. The molecule has 0 aliphatic rings. The second kappa shape index (κ2) is 11.8. The van der Waals surface area contributed by atoms with Crippen LogP contribution in [0.3, 0.4) is 0 Å². The van der Waals surface area contributed by atoms with Crippen LogP contribution in [0.25, 0.3) is 0 Å². The van der Waals surface area contributed by atoms with E-state index >= 15 is 0 Å². The Kier molecular flexibility index (Phi) is 8.81. The summed E-state index contributed by atoms with van der Waals surface area (Å²) in [5.74, 6) is 2.36. The molecule has 170 valence electrons. The number of ether oxygens (including phenoxy) is 2. The quantitative estimate of drug-likeness (QED) is 0.384. The van der Waals surface area contributed by atoms with Gasteiger partial charge in [-0.3, -0.25) is 14.7 Å². The summed E-state index contributed by atoms with van der Waals surface area (Å²) in [7, 11) is 1.60. The number of carbonyl (C=O) groups excluding carboxylic acids is 1. The van der Waals surface area contributed by atoms with Crippen molar-refractivity contribution in [2.45, 2.75) is 44.1 Å². The highest BCUT2D eigenvalue weighted by atomic mass is 35.5. The fourth-order valence-electron chi connectivity index (χ4n) is 3.12. The molecule has 1 amide bonds. The van der Waals surface area contributed by atoms with E-state index in [0.717, 1.165) is 21.3 Å². The summed E-state index contributed by atoms with van der Waals surface area (Å²) in [6.45, 7) is 5.12. The molecular formula is C23H27ClN4O3S. The number of benzene rings is 2. The zero-order valence-corrected chi connectivity index (χ0v) is 20.0. The molecule has 0 bridgehead atoms. The molecule has 2 aromatic carbocycles. The molecule has 0 saturated carbocycles. The fourth-order valence-corrected chi connectivity index (χ4v) is 4.41. The first kappa shape index (κ1) is 23.9. The Morgan fingerprint density at radius 1 is 1.16 bits per heavy atom. The molecule has 0 fully saturated rings. The van der Waals surface area contributed by atoms with E-state index in [1.807, 2.05) is 60.9 Å². The van der Waals surface area contributed by atoms with Crippen molar-refractivity contribution in [1.82, 2.24) is 14.8 Å². The van der Waals surface area contributed by atoms with Gasteiger partial charge in [-0.2, -0.15) is 0 Å². The number of halogens is 1. The van der Waals surface area contributed by atoms with E-state index in [1.54, 1.807) is 7.11 Å². The summed E-state index contributed by atoms with van der Waals surface area (Å²) in [6, 6.07) is 13.4. The Bertz CT molecular complexity index is 1060. The highest BCUT2D eigenvalue weighted by molar-refractivity contribution is 7.98. The van der Waals surface area contributed by atoms with Gasteiger partial charge in [0.05, 0.1) is 13.7 Å². The molecule has 1 aromatic heterocycles. The van der Waals surface area contributed by atoms with Gasteiger partial charge >= 0.3 is 0 Å². The Morgan fingerprint density at radius 3 is 2.69 bits per heavy atom. The number of thioether (sulfide) groups is 1. The van der Waals surface area contributed by atoms with Gasteiger partial charge in [0, 0.05) is 23.7 Å². The van der Waals surface area contributed by atoms with Gasteiger partial charge in [0.2, 0.25) is 11.9 Å². The molecule has 0 radical (unpaired) electrons. The van der Waals surface area contributed by atoms with Gasteiger partial charge in [-0.1, -0.05) is 47.6 Å². The van der Waals surface area contributed by atoms with E-state index in [-0.39, 0.29) is 5.91 Å². The molecular weight excluding hydrogens is 448 g/mol. The molecule has 3 aromatic rings. The fraction of sp³-hybridized carbons (Fsp3) is 0.348. The summed E-state index contributed by atoms with van der Waals surface area (Å²) < 4.78 is 12.8. The number of aryl methyl sites for hydroxylation is 1. The standard InChI is InChI=1S/C23H27ClN4O3S/c1-4-28-22(26-27-23(28)32-15-17-8-6-7-9-18(17)24)25-21(29)13-11-16-10-12-19(31-5-2)20(14-16)30-3/h6-10,12,14H,4-5,11,13,15H2,1-3H3,(H,25,26,29). The number of methoxy groups -OCH3 is 1. The first-order valence-corrected chi connectivity index (χ1v) is 11.8. The van der Waals surface area contributed by atoms with Gasteiger partial charge in [0.15, 0.2) is 16.7 Å². The lowest BCUT2D eigenvalue weighted by atomic mass is 10.1. The zero-order valence-electron chi connectivity index (χ0n) is 18.4. The SMILES string of the molecule is CCOc1ccc(CCC(=O)Nc2nnc(SCc3ccccc3Cl)n2CC)cc1OC. The van der Waals surface area contributed by atoms with Gasteiger partial charge in [-0.05, 0) is 49.6 Å². The lowest BCUT2D eigenvalue weighted by molar-refractivity contribution is -0.116. The largest absolute Gasteiger partial charge is 0.493 e. The maximum Gasteiger partial charge on any atom is 0.231 e. The Morgan fingerprint density at radius 2 is 1.97 bits per heavy atom. The molecule has 32 heavy (non-hydrogen) atoms. The van der Waals surface area contributed by atoms with Gasteiger partial charge in [0.25, 0.3) is 0 Å². The molecule has 0 aliphatic heterocycles. The molecule has 7 nitrogen and oxygen atoms in total. The number of hydrogen-bond acceptors (Lipinski definition) is 6. The van der Waals surface area contributed by atoms with Crippen molar-refractivity contribution < 1.29 is 14.3 Å². The summed E-state index contributed by atoms with van der Waals surface area (Å²) >= 11 is 7.77. The van der Waals surface area contributed by atoms with E-state index in [9.17, 15) is 4.79 Å². The third-order valence-electron chi connectivity index (χ3n) is 4.77. The van der Waals surface area contributed by atoms with E-state index in [1.165, 1.54) is 11.8 Å². The summed E-state index contributed by atoms with van der Waals surface area (Å²) in [4.78, 5) is 12.5. The minimum atomic E-state index is -0.123. The number of nitrogens with one attached hydrogen (secondary N) is 1. The Hall–Kier alpha value is -2.71. The Balaban J connectivity index is 1.59. The molecule has 9 heteroatoms. The van der Waals surface area contributed by atoms with E-state index in [0.29, 0.717) is 49.2 Å². The van der Waals surface area contributed by atoms with Crippen LogP contribution in [0.4, 0.5) is 5.95 Å². The lowest BCUT2D eigenvalue weighted by Crippen LogP contribution is -2.16. The van der Waals surface area contributed by atoms with Crippen LogP contribution in [0.15, 0.2) is 47.6 Å². The van der Waals surface area contributed by atoms with Gasteiger partial charge < -0.3 is 9.47 Å². The first-order chi connectivity index (χ1) is 15.5. The second-order valence-corrected chi connectivity index (χ2v) is 8.25. The van der Waals surface area contributed by atoms with Crippen molar-refractivity contribution in [3.05, 3.63) is 58.6 Å². The van der Waals surface area contributed by atoms with Crippen molar-refractivity contribution in [1.29, 1.82) is 0 Å². The number of anilines is 1. The summed E-state index contributed by atoms with van der Waals surface area (Å²) in [5.41, 5.74) is 2.02. The highest BCUT2D eigenvalue weighted by Gasteiger charge is 2.15. The first-order valence-electron chi connectivity index (χ1n) is 10.4. The molecule has 3 rings (SSSR count). The molecule has 0 saturated heterocycles. The van der Waals surface area contributed by atoms with Gasteiger partial charge in [-0.15, -0.1) is 10.2 Å². The van der Waals surface area contributed by atoms with Crippen LogP contribution < -0.4 is 14.8 Å². The highest BCUT2D eigenvalue weighted by Crippen LogP contribution is 2.29. The maximum atomic E-state index is 12.5. The van der Waals surface area contributed by atoms with Crippen LogP contribution in [0.5, 0.6) is 11.5 Å². The zero-order chi connectivity index (χ0) is 22.9. The van der Waals surface area contributed by atoms with Crippen molar-refractivity contribution in [3.63, 3.8) is 0 Å². The van der Waals surface area contributed by atoms with E-state index in [4.69, 9.17) is 21.1 Å². The molecule has 1 heterocycles. The number of amides is 1. The minimum absolute atomic E-state index is 0.123. The van der Waals surface area contributed by atoms with Crippen LogP contribution >= 0.6 is 23.4 Å². The van der Waals surface area contributed by atoms with Crippen LogP contribution in [0, 0.1) is 0 Å². The topological polar surface area (TPSA) is 78.3 Å². The van der Waals surface area contributed by atoms with Gasteiger partial charge in [0.1, 0.15) is 0 Å². The third-order valence-corrected chi connectivity index (χ3v) is 6.15. The summed E-state index contributed by atoms with van der Waals surface area (Å²) in [5, 5.41) is 12.7. The molecule has 0 atom stereocenters. The Labute approximate surface area is 197 Å². The third kappa shape index (κ3) is 6.17. The normalized spacial score (nSPS) is 10.8. The molecule has 0 spiro atoms. The molecule has 0 unspecified atom stereocenters. The molecule has 0 aliphatic carbocycles. The minimum Gasteiger partial charge on any atom is -0.493 e. The van der Waals surface area contributed by atoms with Gasteiger partial charge in [-0.25, -0.2) is 0 Å². The van der Waals surface area contributed by atoms with Crippen LogP contribution in [0.1, 0.15) is 31.4 Å². The van der Waals surface area contributed by atoms with Crippen LogP contribution in [0.2, 0.25) is 5.02 Å². The lowest BCUT2D eigenvalue weighted by Gasteiger charge is -2.11. The number of carbonyl (C=O) groups is 1. The predicted octanol–water partition coefficient (Wildman–Crippen LogP) is 5.22. The van der Waals surface area contributed by atoms with Crippen molar-refractivity contribution in [3.8, 4) is 11.5 Å². The number of aromatic nitrogens is 3.